The number of hydrogen-bond donors (Lipinski definition) is 0. The molecular weight excluding hydrogens is 681 g/mol. The average Bonchev–Trinajstić information content (AvgIpc) is 3.75. The zero-order chi connectivity index (χ0) is 37.4. The number of aromatic nitrogens is 2. The van der Waals surface area contributed by atoms with E-state index in [9.17, 15) is 0 Å². The van der Waals surface area contributed by atoms with Gasteiger partial charge in [-0.2, -0.15) is 0 Å². The lowest BCUT2D eigenvalue weighted by Gasteiger charge is -2.22. The number of fused-ring (bicyclic) bond motifs is 7. The van der Waals surface area contributed by atoms with Crippen molar-refractivity contribution in [3.05, 3.63) is 193 Å². The fourth-order valence-electron chi connectivity index (χ4n) is 8.89. The topological polar surface area (TPSA) is 38.9 Å². The fourth-order valence-corrected chi connectivity index (χ4v) is 8.89. The second-order valence-electron chi connectivity index (χ2n) is 15.4. The van der Waals surface area contributed by atoms with Crippen molar-refractivity contribution < 1.29 is 4.42 Å². The van der Waals surface area contributed by atoms with Crippen molar-refractivity contribution in [2.45, 2.75) is 19.3 Å². The van der Waals surface area contributed by atoms with Gasteiger partial charge in [-0.05, 0) is 97.7 Å². The average molecular weight is 717 g/mol. The van der Waals surface area contributed by atoms with Crippen LogP contribution in [0.4, 0.5) is 0 Å². The van der Waals surface area contributed by atoms with E-state index in [-0.39, 0.29) is 5.41 Å². The van der Waals surface area contributed by atoms with Crippen LogP contribution in [0.15, 0.2) is 186 Å². The minimum Gasteiger partial charge on any atom is -0.456 e. The van der Waals surface area contributed by atoms with Crippen molar-refractivity contribution in [3.63, 3.8) is 0 Å². The van der Waals surface area contributed by atoms with Crippen LogP contribution in [0.2, 0.25) is 0 Å². The van der Waals surface area contributed by atoms with E-state index in [1.54, 1.807) is 0 Å². The Bertz CT molecular complexity index is 3170. The Morgan fingerprint density at radius 2 is 1.02 bits per heavy atom. The summed E-state index contributed by atoms with van der Waals surface area (Å²) < 4.78 is 6.36. The first kappa shape index (κ1) is 32.3. The molecule has 3 nitrogen and oxygen atoms in total. The molecule has 0 radical (unpaired) electrons. The van der Waals surface area contributed by atoms with Crippen molar-refractivity contribution in [2.24, 2.45) is 0 Å². The number of benzene rings is 8. The normalized spacial score (nSPS) is 13.0. The Hall–Kier alpha value is -7.10. The maximum atomic E-state index is 6.36. The summed E-state index contributed by atoms with van der Waals surface area (Å²) in [7, 11) is 0. The predicted molar refractivity (Wildman–Crippen MR) is 232 cm³/mol. The molecular formula is C53H36N2O. The Morgan fingerprint density at radius 1 is 0.393 bits per heavy atom. The Kier molecular flexibility index (Phi) is 7.20. The van der Waals surface area contributed by atoms with Gasteiger partial charge in [0.2, 0.25) is 0 Å². The summed E-state index contributed by atoms with van der Waals surface area (Å²) in [6.45, 7) is 4.66. The van der Waals surface area contributed by atoms with Gasteiger partial charge in [0.1, 0.15) is 11.2 Å². The maximum Gasteiger partial charge on any atom is 0.161 e. The number of rotatable bonds is 5. The van der Waals surface area contributed by atoms with Crippen LogP contribution in [0.25, 0.3) is 100.0 Å². The number of para-hydroxylation sites is 1. The third-order valence-corrected chi connectivity index (χ3v) is 11.7. The standard InChI is InChI=1S/C53H36N2O/c1-53(2)45-23-10-8-19-41(45)42-27-26-35(31-46(42)53)47-32-48(55-52(54-47)43-22-12-17-34-16-6-7-18-39(34)43)38-29-36(33-14-4-3-5-15-33)28-37(30-38)40-21-13-25-50-51(40)44-20-9-11-24-49(44)56-50/h3-32H,1-2H3. The first-order valence-corrected chi connectivity index (χ1v) is 19.2. The highest BCUT2D eigenvalue weighted by Crippen LogP contribution is 2.50. The molecule has 3 heteroatoms. The van der Waals surface area contributed by atoms with E-state index in [1.807, 2.05) is 12.1 Å². The summed E-state index contributed by atoms with van der Waals surface area (Å²) in [5, 5.41) is 4.50. The van der Waals surface area contributed by atoms with Crippen LogP contribution in [0.5, 0.6) is 0 Å². The summed E-state index contributed by atoms with van der Waals surface area (Å²) in [6, 6.07) is 64.8. The van der Waals surface area contributed by atoms with Gasteiger partial charge in [0.25, 0.3) is 0 Å². The molecule has 0 spiro atoms. The molecule has 1 aliphatic rings. The van der Waals surface area contributed by atoms with E-state index in [0.717, 1.165) is 83.0 Å². The lowest BCUT2D eigenvalue weighted by atomic mass is 9.82. The van der Waals surface area contributed by atoms with E-state index >= 15 is 0 Å². The smallest absolute Gasteiger partial charge is 0.161 e. The van der Waals surface area contributed by atoms with Gasteiger partial charge in [-0.1, -0.05) is 153 Å². The highest BCUT2D eigenvalue weighted by Gasteiger charge is 2.35. The summed E-state index contributed by atoms with van der Waals surface area (Å²) in [5.41, 5.74) is 16.2. The van der Waals surface area contributed by atoms with Crippen LogP contribution in [0.3, 0.4) is 0 Å². The van der Waals surface area contributed by atoms with Crippen LogP contribution in [0.1, 0.15) is 25.0 Å². The predicted octanol–water partition coefficient (Wildman–Crippen LogP) is 14.2. The zero-order valence-electron chi connectivity index (χ0n) is 31.1. The Labute approximate surface area is 325 Å². The first-order chi connectivity index (χ1) is 27.5. The highest BCUT2D eigenvalue weighted by molar-refractivity contribution is 6.12. The van der Waals surface area contributed by atoms with E-state index in [0.29, 0.717) is 5.82 Å². The van der Waals surface area contributed by atoms with Crippen LogP contribution < -0.4 is 0 Å². The molecule has 0 saturated carbocycles. The number of hydrogen-bond acceptors (Lipinski definition) is 3. The summed E-state index contributed by atoms with van der Waals surface area (Å²) >= 11 is 0. The van der Waals surface area contributed by atoms with Gasteiger partial charge in [0.15, 0.2) is 5.82 Å². The SMILES string of the molecule is CC1(C)c2ccccc2-c2ccc(-c3cc(-c4cc(-c5ccccc5)cc(-c5cccc6oc7ccccc7c56)c4)nc(-c4cccc5ccccc45)n3)cc21. The zero-order valence-corrected chi connectivity index (χ0v) is 31.1. The second-order valence-corrected chi connectivity index (χ2v) is 15.4. The van der Waals surface area contributed by atoms with Crippen molar-refractivity contribution in [1.29, 1.82) is 0 Å². The molecule has 1 aliphatic carbocycles. The van der Waals surface area contributed by atoms with Crippen LogP contribution >= 0.6 is 0 Å². The monoisotopic (exact) mass is 716 g/mol. The molecule has 0 amide bonds. The summed E-state index contributed by atoms with van der Waals surface area (Å²) in [6.07, 6.45) is 0. The van der Waals surface area contributed by atoms with Gasteiger partial charge in [-0.3, -0.25) is 0 Å². The van der Waals surface area contributed by atoms with E-state index in [2.05, 4.69) is 184 Å². The van der Waals surface area contributed by atoms with E-state index in [1.165, 1.54) is 22.3 Å². The van der Waals surface area contributed by atoms with Crippen molar-refractivity contribution in [3.8, 4) is 67.3 Å². The van der Waals surface area contributed by atoms with E-state index < -0.39 is 0 Å². The molecule has 8 aromatic carbocycles. The molecule has 264 valence electrons. The molecule has 0 N–H and O–H groups in total. The second kappa shape index (κ2) is 12.5. The van der Waals surface area contributed by atoms with Gasteiger partial charge < -0.3 is 4.42 Å². The molecule has 0 aliphatic heterocycles. The van der Waals surface area contributed by atoms with E-state index in [4.69, 9.17) is 14.4 Å². The molecule has 2 heterocycles. The molecule has 0 atom stereocenters. The Morgan fingerprint density at radius 3 is 1.91 bits per heavy atom. The maximum absolute atomic E-state index is 6.36. The first-order valence-electron chi connectivity index (χ1n) is 19.2. The van der Waals surface area contributed by atoms with Gasteiger partial charge >= 0.3 is 0 Å². The fraction of sp³-hybridized carbons (Fsp3) is 0.0566. The van der Waals surface area contributed by atoms with Crippen molar-refractivity contribution in [2.75, 3.05) is 0 Å². The van der Waals surface area contributed by atoms with Gasteiger partial charge in [0, 0.05) is 32.9 Å². The minimum absolute atomic E-state index is 0.131. The highest BCUT2D eigenvalue weighted by atomic mass is 16.3. The van der Waals surface area contributed by atoms with Crippen LogP contribution in [-0.2, 0) is 5.41 Å². The third kappa shape index (κ3) is 5.12. The molecule has 2 aromatic heterocycles. The van der Waals surface area contributed by atoms with Crippen molar-refractivity contribution in [1.82, 2.24) is 9.97 Å². The third-order valence-electron chi connectivity index (χ3n) is 11.7. The molecule has 0 unspecified atom stereocenters. The molecule has 11 rings (SSSR count). The summed E-state index contributed by atoms with van der Waals surface area (Å²) in [5.74, 6) is 0.701. The molecule has 10 aromatic rings. The molecule has 0 bridgehead atoms. The number of furan rings is 1. The van der Waals surface area contributed by atoms with Crippen molar-refractivity contribution >= 4 is 32.7 Å². The van der Waals surface area contributed by atoms with Gasteiger partial charge in [-0.25, -0.2) is 9.97 Å². The minimum atomic E-state index is -0.131. The summed E-state index contributed by atoms with van der Waals surface area (Å²) in [4.78, 5) is 10.8. The number of nitrogens with zero attached hydrogens (tertiary/aromatic N) is 2. The Balaban J connectivity index is 1.17. The largest absolute Gasteiger partial charge is 0.456 e. The van der Waals surface area contributed by atoms with Gasteiger partial charge in [-0.15, -0.1) is 0 Å². The molecule has 56 heavy (non-hydrogen) atoms. The molecule has 0 saturated heterocycles. The lowest BCUT2D eigenvalue weighted by Crippen LogP contribution is -2.14. The van der Waals surface area contributed by atoms with Crippen LogP contribution in [0, 0.1) is 0 Å². The van der Waals surface area contributed by atoms with Gasteiger partial charge in [0.05, 0.1) is 11.4 Å². The quantitative estimate of drug-likeness (QED) is 0.178. The van der Waals surface area contributed by atoms with Crippen LogP contribution in [-0.4, -0.2) is 9.97 Å². The lowest BCUT2D eigenvalue weighted by molar-refractivity contribution is 0.660. The molecule has 0 fully saturated rings.